The standard InChI is InChI=1S/C6H4N2O4/c9-3-4-5(8(11)12)1-2-6(10)7-4/h1-3H,(H,7,10). The number of aldehydes is 1. The molecule has 1 heterocycles. The van der Waals surface area contributed by atoms with Gasteiger partial charge >= 0.3 is 0 Å². The number of nitrogens with one attached hydrogen (secondary N) is 1. The van der Waals surface area contributed by atoms with Gasteiger partial charge in [-0.3, -0.25) is 19.7 Å². The summed E-state index contributed by atoms with van der Waals surface area (Å²) in [6.45, 7) is 0. The van der Waals surface area contributed by atoms with Gasteiger partial charge in [0.25, 0.3) is 5.69 Å². The molecule has 1 N–H and O–H groups in total. The van der Waals surface area contributed by atoms with Crippen LogP contribution in [0, 0.1) is 10.1 Å². The fourth-order valence-corrected chi connectivity index (χ4v) is 0.732. The molecule has 0 aliphatic carbocycles. The highest BCUT2D eigenvalue weighted by Gasteiger charge is 2.12. The topological polar surface area (TPSA) is 93.1 Å². The van der Waals surface area contributed by atoms with Gasteiger partial charge in [0.1, 0.15) is 0 Å². The van der Waals surface area contributed by atoms with Crippen LogP contribution in [0.3, 0.4) is 0 Å². The van der Waals surface area contributed by atoms with E-state index in [1.165, 1.54) is 0 Å². The third-order valence-electron chi connectivity index (χ3n) is 1.24. The van der Waals surface area contributed by atoms with E-state index < -0.39 is 16.2 Å². The molecule has 1 aromatic rings. The Balaban J connectivity index is 3.39. The molecule has 6 heteroatoms. The maximum Gasteiger partial charge on any atom is 0.296 e. The molecule has 0 spiro atoms. The molecule has 0 aliphatic rings. The van der Waals surface area contributed by atoms with E-state index in [1.54, 1.807) is 0 Å². The molecular formula is C6H4N2O4. The lowest BCUT2D eigenvalue weighted by atomic mass is 10.3. The summed E-state index contributed by atoms with van der Waals surface area (Å²) in [7, 11) is 0. The smallest absolute Gasteiger partial charge is 0.296 e. The summed E-state index contributed by atoms with van der Waals surface area (Å²) in [5.74, 6) is 0. The van der Waals surface area contributed by atoms with Crippen molar-refractivity contribution in [1.29, 1.82) is 0 Å². The second kappa shape index (κ2) is 2.95. The van der Waals surface area contributed by atoms with Crippen LogP contribution < -0.4 is 5.56 Å². The minimum Gasteiger partial charge on any atom is -0.314 e. The van der Waals surface area contributed by atoms with Gasteiger partial charge in [0.2, 0.25) is 5.56 Å². The molecule has 0 bridgehead atoms. The van der Waals surface area contributed by atoms with Crippen molar-refractivity contribution in [2.75, 3.05) is 0 Å². The number of aromatic amines is 1. The van der Waals surface area contributed by atoms with Crippen molar-refractivity contribution in [3.8, 4) is 0 Å². The van der Waals surface area contributed by atoms with Crippen molar-refractivity contribution < 1.29 is 9.72 Å². The first-order valence-electron chi connectivity index (χ1n) is 2.98. The quantitative estimate of drug-likeness (QED) is 0.385. The number of rotatable bonds is 2. The number of hydrogen-bond acceptors (Lipinski definition) is 4. The van der Waals surface area contributed by atoms with Crippen LogP contribution in [-0.2, 0) is 0 Å². The second-order valence-electron chi connectivity index (χ2n) is 2.00. The average Bonchev–Trinajstić information content (AvgIpc) is 2.03. The minimum absolute atomic E-state index is 0.236. The van der Waals surface area contributed by atoms with Gasteiger partial charge in [-0.05, 0) is 0 Å². The maximum absolute atomic E-state index is 10.6. The molecule has 0 aliphatic heterocycles. The van der Waals surface area contributed by atoms with Crippen molar-refractivity contribution >= 4 is 12.0 Å². The van der Waals surface area contributed by atoms with Gasteiger partial charge in [0, 0.05) is 12.1 Å². The van der Waals surface area contributed by atoms with E-state index >= 15 is 0 Å². The first kappa shape index (κ1) is 8.12. The molecule has 0 aromatic carbocycles. The largest absolute Gasteiger partial charge is 0.314 e. The van der Waals surface area contributed by atoms with Gasteiger partial charge in [0.05, 0.1) is 4.92 Å². The van der Waals surface area contributed by atoms with Gasteiger partial charge in [0.15, 0.2) is 12.0 Å². The lowest BCUT2D eigenvalue weighted by Crippen LogP contribution is -2.08. The number of carbonyl (C=O) groups excluding carboxylic acids is 1. The molecule has 1 rings (SSSR count). The van der Waals surface area contributed by atoms with E-state index in [0.717, 1.165) is 12.1 Å². The number of H-pyrrole nitrogens is 1. The SMILES string of the molecule is O=Cc1[nH]c(=O)ccc1[N+](=O)[O-]. The fraction of sp³-hybridized carbons (Fsp3) is 0. The average molecular weight is 168 g/mol. The molecular weight excluding hydrogens is 164 g/mol. The Kier molecular flexibility index (Phi) is 2.00. The number of pyridine rings is 1. The summed E-state index contributed by atoms with van der Waals surface area (Å²) in [5.41, 5.74) is -1.25. The summed E-state index contributed by atoms with van der Waals surface area (Å²) in [5, 5.41) is 10.2. The van der Waals surface area contributed by atoms with Gasteiger partial charge in [-0.25, -0.2) is 0 Å². The molecule has 1 aromatic heterocycles. The number of carbonyl (C=O) groups is 1. The molecule has 0 radical (unpaired) electrons. The Bertz CT molecular complexity index is 381. The normalized spacial score (nSPS) is 9.33. The number of aromatic nitrogens is 1. The van der Waals surface area contributed by atoms with Gasteiger partial charge in [-0.2, -0.15) is 0 Å². The molecule has 0 fully saturated rings. The summed E-state index contributed by atoms with van der Waals surface area (Å²) in [6, 6.07) is 1.98. The summed E-state index contributed by atoms with van der Waals surface area (Å²) < 4.78 is 0. The van der Waals surface area contributed by atoms with Crippen LogP contribution in [0.2, 0.25) is 0 Å². The molecule has 0 atom stereocenters. The zero-order valence-corrected chi connectivity index (χ0v) is 5.81. The number of nitro groups is 1. The van der Waals surface area contributed by atoms with E-state index in [0.29, 0.717) is 0 Å². The lowest BCUT2D eigenvalue weighted by Gasteiger charge is -1.92. The molecule has 6 nitrogen and oxygen atoms in total. The van der Waals surface area contributed by atoms with Gasteiger partial charge in [-0.1, -0.05) is 0 Å². The van der Waals surface area contributed by atoms with Crippen molar-refractivity contribution in [3.63, 3.8) is 0 Å². The first-order chi connectivity index (χ1) is 5.65. The predicted molar refractivity (Wildman–Crippen MR) is 39.1 cm³/mol. The Hall–Kier alpha value is -1.98. The van der Waals surface area contributed by atoms with Gasteiger partial charge in [-0.15, -0.1) is 0 Å². The Labute approximate surface area is 66.0 Å². The van der Waals surface area contributed by atoms with E-state index in [1.807, 2.05) is 4.98 Å². The summed E-state index contributed by atoms with van der Waals surface area (Å²) in [4.78, 5) is 32.3. The highest BCUT2D eigenvalue weighted by Crippen LogP contribution is 2.10. The second-order valence-corrected chi connectivity index (χ2v) is 2.00. The monoisotopic (exact) mass is 168 g/mol. The maximum atomic E-state index is 10.6. The molecule has 62 valence electrons. The van der Waals surface area contributed by atoms with E-state index in [4.69, 9.17) is 0 Å². The van der Waals surface area contributed by atoms with Crippen molar-refractivity contribution in [1.82, 2.24) is 4.98 Å². The minimum atomic E-state index is -0.736. The molecule has 0 saturated carbocycles. The van der Waals surface area contributed by atoms with Crippen LogP contribution in [0.25, 0.3) is 0 Å². The van der Waals surface area contributed by atoms with Crippen molar-refractivity contribution in [3.05, 3.63) is 38.3 Å². The third-order valence-corrected chi connectivity index (χ3v) is 1.24. The van der Waals surface area contributed by atoms with Crippen LogP contribution >= 0.6 is 0 Å². The Morgan fingerprint density at radius 2 is 2.17 bits per heavy atom. The zero-order valence-electron chi connectivity index (χ0n) is 5.81. The van der Waals surface area contributed by atoms with Crippen molar-refractivity contribution in [2.45, 2.75) is 0 Å². The highest BCUT2D eigenvalue weighted by molar-refractivity contribution is 5.77. The van der Waals surface area contributed by atoms with Gasteiger partial charge < -0.3 is 4.98 Å². The molecule has 12 heavy (non-hydrogen) atoms. The summed E-state index contributed by atoms with van der Waals surface area (Å²) in [6.07, 6.45) is 0.236. The van der Waals surface area contributed by atoms with Crippen molar-refractivity contribution in [2.24, 2.45) is 0 Å². The third kappa shape index (κ3) is 1.36. The first-order valence-corrected chi connectivity index (χ1v) is 2.98. The van der Waals surface area contributed by atoms with Crippen LogP contribution in [-0.4, -0.2) is 16.2 Å². The Morgan fingerprint density at radius 3 is 2.67 bits per heavy atom. The molecule has 0 saturated heterocycles. The van der Waals surface area contributed by atoms with E-state index in [-0.39, 0.29) is 12.0 Å². The Morgan fingerprint density at radius 1 is 1.50 bits per heavy atom. The van der Waals surface area contributed by atoms with E-state index in [9.17, 15) is 19.7 Å². The fourth-order valence-electron chi connectivity index (χ4n) is 0.732. The number of nitrogens with zero attached hydrogens (tertiary/aromatic N) is 1. The predicted octanol–water partition coefficient (Wildman–Crippen LogP) is 0.0956. The van der Waals surface area contributed by atoms with Crippen LogP contribution in [0.15, 0.2) is 16.9 Å². The van der Waals surface area contributed by atoms with E-state index in [2.05, 4.69) is 0 Å². The van der Waals surface area contributed by atoms with Crippen LogP contribution in [0.5, 0.6) is 0 Å². The zero-order chi connectivity index (χ0) is 9.14. The highest BCUT2D eigenvalue weighted by atomic mass is 16.6. The van der Waals surface area contributed by atoms with Crippen LogP contribution in [0.4, 0.5) is 5.69 Å². The summed E-state index contributed by atoms with van der Waals surface area (Å²) >= 11 is 0. The molecule has 0 unspecified atom stereocenters. The number of hydrogen-bond donors (Lipinski definition) is 1. The van der Waals surface area contributed by atoms with Crippen LogP contribution in [0.1, 0.15) is 10.5 Å². The molecule has 0 amide bonds. The lowest BCUT2D eigenvalue weighted by molar-refractivity contribution is -0.385.